The standard InChI is InChI=1S/C27H26N2O4/c1-16-11-18(13-28)12-17(2)25(16)26(31)24(30)14-29-27(32)33-15-23-21-9-5-3-7-19(21)20-8-4-6-10-22(20)23/h3-12,23-24,26,30-31H,14-15H2,1-2H3,(H,29,32). The number of carbonyl (C=O) groups is 1. The number of hydrogen-bond donors (Lipinski definition) is 3. The van der Waals surface area contributed by atoms with Gasteiger partial charge in [-0.25, -0.2) is 4.79 Å². The van der Waals surface area contributed by atoms with Crippen molar-refractivity contribution in [3.63, 3.8) is 0 Å². The maximum Gasteiger partial charge on any atom is 0.407 e. The molecule has 0 radical (unpaired) electrons. The normalized spacial score (nSPS) is 14.0. The summed E-state index contributed by atoms with van der Waals surface area (Å²) in [7, 11) is 0. The Balaban J connectivity index is 1.36. The Bertz CT molecular complexity index is 1160. The number of aliphatic hydroxyl groups excluding tert-OH is 2. The molecule has 6 nitrogen and oxygen atoms in total. The van der Waals surface area contributed by atoms with E-state index in [1.807, 2.05) is 36.4 Å². The zero-order valence-corrected chi connectivity index (χ0v) is 18.6. The van der Waals surface area contributed by atoms with E-state index >= 15 is 0 Å². The molecule has 0 heterocycles. The monoisotopic (exact) mass is 442 g/mol. The molecular weight excluding hydrogens is 416 g/mol. The van der Waals surface area contributed by atoms with Gasteiger partial charge in [-0.15, -0.1) is 0 Å². The first-order chi connectivity index (χ1) is 15.9. The summed E-state index contributed by atoms with van der Waals surface area (Å²) in [5.74, 6) is -0.0531. The summed E-state index contributed by atoms with van der Waals surface area (Å²) in [6.45, 7) is 3.55. The number of benzene rings is 3. The fourth-order valence-electron chi connectivity index (χ4n) is 4.65. The Kier molecular flexibility index (Phi) is 6.45. The molecule has 0 saturated carbocycles. The Morgan fingerprint density at radius 3 is 2.12 bits per heavy atom. The molecule has 1 amide bonds. The number of nitriles is 1. The largest absolute Gasteiger partial charge is 0.449 e. The highest BCUT2D eigenvalue weighted by molar-refractivity contribution is 5.79. The van der Waals surface area contributed by atoms with Crippen LogP contribution in [-0.4, -0.2) is 35.6 Å². The van der Waals surface area contributed by atoms with Crippen LogP contribution < -0.4 is 5.32 Å². The van der Waals surface area contributed by atoms with Crippen LogP contribution in [0.3, 0.4) is 0 Å². The zero-order valence-electron chi connectivity index (χ0n) is 18.6. The van der Waals surface area contributed by atoms with E-state index in [1.165, 1.54) is 0 Å². The fraction of sp³-hybridized carbons (Fsp3) is 0.259. The summed E-state index contributed by atoms with van der Waals surface area (Å²) in [4.78, 5) is 12.3. The van der Waals surface area contributed by atoms with Gasteiger partial charge in [0.15, 0.2) is 0 Å². The van der Waals surface area contributed by atoms with E-state index in [4.69, 9.17) is 10.00 Å². The second kappa shape index (κ2) is 9.45. The Morgan fingerprint density at radius 1 is 1.03 bits per heavy atom. The number of aliphatic hydroxyl groups is 2. The van der Waals surface area contributed by atoms with Gasteiger partial charge >= 0.3 is 6.09 Å². The van der Waals surface area contributed by atoms with Crippen LogP contribution in [0.1, 0.15) is 45.4 Å². The first-order valence-corrected chi connectivity index (χ1v) is 10.9. The predicted octanol–water partition coefficient (Wildman–Crippen LogP) is 4.11. The Hall–Kier alpha value is -3.66. The van der Waals surface area contributed by atoms with Crippen molar-refractivity contribution in [2.45, 2.75) is 32.0 Å². The van der Waals surface area contributed by atoms with Crippen molar-refractivity contribution in [3.05, 3.63) is 94.0 Å². The van der Waals surface area contributed by atoms with E-state index in [9.17, 15) is 15.0 Å². The molecule has 2 unspecified atom stereocenters. The van der Waals surface area contributed by atoms with Crippen LogP contribution in [0, 0.1) is 25.2 Å². The lowest BCUT2D eigenvalue weighted by molar-refractivity contribution is 0.0178. The Morgan fingerprint density at radius 2 is 1.58 bits per heavy atom. The van der Waals surface area contributed by atoms with Crippen LogP contribution in [-0.2, 0) is 4.74 Å². The van der Waals surface area contributed by atoms with Gasteiger partial charge in [-0.1, -0.05) is 48.5 Å². The van der Waals surface area contributed by atoms with Crippen molar-refractivity contribution in [3.8, 4) is 17.2 Å². The van der Waals surface area contributed by atoms with Gasteiger partial charge in [0.05, 0.1) is 11.6 Å². The van der Waals surface area contributed by atoms with Crippen molar-refractivity contribution in [2.24, 2.45) is 0 Å². The molecule has 6 heteroatoms. The molecule has 1 aliphatic carbocycles. The molecule has 4 rings (SSSR count). The number of fused-ring (bicyclic) bond motifs is 3. The average Bonchev–Trinajstić information content (AvgIpc) is 3.14. The summed E-state index contributed by atoms with van der Waals surface area (Å²) in [6, 6.07) is 21.6. The van der Waals surface area contributed by atoms with Gasteiger partial charge in [-0.3, -0.25) is 0 Å². The molecule has 168 valence electrons. The average molecular weight is 443 g/mol. The molecule has 0 spiro atoms. The van der Waals surface area contributed by atoms with Crippen LogP contribution in [0.15, 0.2) is 60.7 Å². The maximum atomic E-state index is 12.3. The van der Waals surface area contributed by atoms with Crippen LogP contribution >= 0.6 is 0 Å². The molecule has 1 aliphatic rings. The third kappa shape index (κ3) is 4.47. The molecule has 0 aromatic heterocycles. The molecule has 2 atom stereocenters. The van der Waals surface area contributed by atoms with Crippen molar-refractivity contribution >= 4 is 6.09 Å². The van der Waals surface area contributed by atoms with Gasteiger partial charge in [0.2, 0.25) is 0 Å². The number of hydrogen-bond acceptors (Lipinski definition) is 5. The lowest BCUT2D eigenvalue weighted by Gasteiger charge is -2.22. The lowest BCUT2D eigenvalue weighted by atomic mass is 9.93. The molecule has 33 heavy (non-hydrogen) atoms. The highest BCUT2D eigenvalue weighted by Gasteiger charge is 2.29. The molecular formula is C27H26N2O4. The molecule has 0 aliphatic heterocycles. The van der Waals surface area contributed by atoms with Gasteiger partial charge < -0.3 is 20.3 Å². The van der Waals surface area contributed by atoms with Gasteiger partial charge in [0.1, 0.15) is 18.8 Å². The minimum absolute atomic E-state index is 0.0531. The van der Waals surface area contributed by atoms with Crippen LogP contribution in [0.2, 0.25) is 0 Å². The lowest BCUT2D eigenvalue weighted by Crippen LogP contribution is -2.36. The van der Waals surface area contributed by atoms with Crippen LogP contribution in [0.5, 0.6) is 0 Å². The third-order valence-electron chi connectivity index (χ3n) is 6.18. The van der Waals surface area contributed by atoms with E-state index < -0.39 is 18.3 Å². The zero-order chi connectivity index (χ0) is 23.5. The number of aryl methyl sites for hydroxylation is 2. The molecule has 3 aromatic carbocycles. The highest BCUT2D eigenvalue weighted by Crippen LogP contribution is 2.44. The predicted molar refractivity (Wildman–Crippen MR) is 125 cm³/mol. The van der Waals surface area contributed by atoms with E-state index in [0.717, 1.165) is 22.3 Å². The smallest absolute Gasteiger partial charge is 0.407 e. The number of rotatable bonds is 6. The van der Waals surface area contributed by atoms with Crippen LogP contribution in [0.4, 0.5) is 4.79 Å². The van der Waals surface area contributed by atoms with E-state index in [1.54, 1.807) is 26.0 Å². The van der Waals surface area contributed by atoms with Gasteiger partial charge in [0, 0.05) is 12.5 Å². The van der Waals surface area contributed by atoms with E-state index in [2.05, 4.69) is 23.5 Å². The Labute approximate surface area is 193 Å². The summed E-state index contributed by atoms with van der Waals surface area (Å²) >= 11 is 0. The van der Waals surface area contributed by atoms with Crippen molar-refractivity contribution in [1.82, 2.24) is 5.32 Å². The first kappa shape index (κ1) is 22.5. The number of nitrogens with one attached hydrogen (secondary N) is 1. The third-order valence-corrected chi connectivity index (χ3v) is 6.18. The van der Waals surface area contributed by atoms with Gasteiger partial charge in [-0.2, -0.15) is 5.26 Å². The minimum atomic E-state index is -1.23. The fourth-order valence-corrected chi connectivity index (χ4v) is 4.65. The second-order valence-corrected chi connectivity index (χ2v) is 8.35. The topological polar surface area (TPSA) is 103 Å². The van der Waals surface area contributed by atoms with Crippen molar-refractivity contribution < 1.29 is 19.7 Å². The van der Waals surface area contributed by atoms with E-state index in [0.29, 0.717) is 22.3 Å². The summed E-state index contributed by atoms with van der Waals surface area (Å²) in [5, 5.41) is 32.7. The van der Waals surface area contributed by atoms with Gasteiger partial charge in [-0.05, 0) is 64.9 Å². The van der Waals surface area contributed by atoms with E-state index in [-0.39, 0.29) is 19.1 Å². The number of amides is 1. The second-order valence-electron chi connectivity index (χ2n) is 8.35. The SMILES string of the molecule is Cc1cc(C#N)cc(C)c1C(O)C(O)CNC(=O)OCC1c2ccccc2-c2ccccc21. The van der Waals surface area contributed by atoms with Crippen LogP contribution in [0.25, 0.3) is 11.1 Å². The van der Waals surface area contributed by atoms with Gasteiger partial charge in [0.25, 0.3) is 0 Å². The quantitative estimate of drug-likeness (QED) is 0.533. The van der Waals surface area contributed by atoms with Crippen molar-refractivity contribution in [2.75, 3.05) is 13.2 Å². The highest BCUT2D eigenvalue weighted by atomic mass is 16.5. The number of carbonyl (C=O) groups excluding carboxylic acids is 1. The van der Waals surface area contributed by atoms with Crippen molar-refractivity contribution in [1.29, 1.82) is 5.26 Å². The maximum absolute atomic E-state index is 12.3. The first-order valence-electron chi connectivity index (χ1n) is 10.9. The number of nitrogens with zero attached hydrogens (tertiary/aromatic N) is 1. The summed E-state index contributed by atoms with van der Waals surface area (Å²) in [5.41, 5.74) is 6.99. The summed E-state index contributed by atoms with van der Waals surface area (Å²) in [6.07, 6.45) is -3.08. The molecule has 0 bridgehead atoms. The minimum Gasteiger partial charge on any atom is -0.449 e. The molecule has 3 aromatic rings. The number of ether oxygens (including phenoxy) is 1. The summed E-state index contributed by atoms with van der Waals surface area (Å²) < 4.78 is 5.47. The molecule has 3 N–H and O–H groups in total. The molecule has 0 saturated heterocycles. The molecule has 0 fully saturated rings. The number of alkyl carbamates (subject to hydrolysis) is 1.